The third-order valence-electron chi connectivity index (χ3n) is 6.22. The molecular formula is C17H28O. The fourth-order valence-corrected chi connectivity index (χ4v) is 5.01. The van der Waals surface area contributed by atoms with Crippen LogP contribution in [-0.2, 0) is 4.79 Å². The van der Waals surface area contributed by atoms with Crippen LogP contribution >= 0.6 is 0 Å². The van der Waals surface area contributed by atoms with Crippen LogP contribution in [0, 0.1) is 35.5 Å². The van der Waals surface area contributed by atoms with Crippen LogP contribution in [0.4, 0.5) is 0 Å². The lowest BCUT2D eigenvalue weighted by atomic mass is 9.71. The van der Waals surface area contributed by atoms with Crippen LogP contribution in [-0.4, -0.2) is 5.78 Å². The first kappa shape index (κ1) is 12.7. The van der Waals surface area contributed by atoms with Crippen LogP contribution in [0.1, 0.15) is 65.2 Å². The molecule has 0 aromatic carbocycles. The molecule has 0 heterocycles. The maximum atomic E-state index is 12.2. The molecule has 3 saturated carbocycles. The van der Waals surface area contributed by atoms with Crippen molar-refractivity contribution in [3.8, 4) is 0 Å². The minimum Gasteiger partial charge on any atom is -0.299 e. The van der Waals surface area contributed by atoms with Crippen molar-refractivity contribution in [3.63, 3.8) is 0 Å². The van der Waals surface area contributed by atoms with Crippen molar-refractivity contribution in [2.45, 2.75) is 65.2 Å². The molecule has 0 aromatic heterocycles. The standard InChI is InChI=1S/C17H28O/c1-11(2)13-5-6-17(18)16(9-13)10-15-8-12-3-4-14(15)7-12/h11-16H,3-10H2,1-2H3. The molecule has 18 heavy (non-hydrogen) atoms. The lowest BCUT2D eigenvalue weighted by molar-refractivity contribution is -0.126. The molecule has 0 saturated heterocycles. The monoisotopic (exact) mass is 248 g/mol. The van der Waals surface area contributed by atoms with Gasteiger partial charge in [-0.05, 0) is 68.1 Å². The zero-order valence-electron chi connectivity index (χ0n) is 12.0. The van der Waals surface area contributed by atoms with Crippen molar-refractivity contribution < 1.29 is 4.79 Å². The van der Waals surface area contributed by atoms with Crippen LogP contribution < -0.4 is 0 Å². The second kappa shape index (κ2) is 4.98. The summed E-state index contributed by atoms with van der Waals surface area (Å²) in [6.07, 6.45) is 10.3. The van der Waals surface area contributed by atoms with E-state index in [1.165, 1.54) is 38.5 Å². The Hall–Kier alpha value is -0.330. The number of hydrogen-bond acceptors (Lipinski definition) is 1. The molecule has 0 aromatic rings. The quantitative estimate of drug-likeness (QED) is 0.721. The van der Waals surface area contributed by atoms with E-state index in [1.54, 1.807) is 0 Å². The zero-order chi connectivity index (χ0) is 12.7. The Morgan fingerprint density at radius 3 is 2.56 bits per heavy atom. The Labute approximate surface area is 112 Å². The van der Waals surface area contributed by atoms with Crippen LogP contribution in [0.25, 0.3) is 0 Å². The van der Waals surface area contributed by atoms with Crippen molar-refractivity contribution in [2.24, 2.45) is 35.5 Å². The summed E-state index contributed by atoms with van der Waals surface area (Å²) in [5.41, 5.74) is 0. The third-order valence-corrected chi connectivity index (χ3v) is 6.22. The Morgan fingerprint density at radius 2 is 1.94 bits per heavy atom. The maximum absolute atomic E-state index is 12.2. The highest BCUT2D eigenvalue weighted by Gasteiger charge is 2.42. The van der Waals surface area contributed by atoms with Crippen LogP contribution in [0.2, 0.25) is 0 Å². The predicted molar refractivity (Wildman–Crippen MR) is 74.2 cm³/mol. The van der Waals surface area contributed by atoms with Gasteiger partial charge in [0.15, 0.2) is 0 Å². The molecule has 102 valence electrons. The second-order valence-electron chi connectivity index (χ2n) is 7.61. The van der Waals surface area contributed by atoms with Crippen molar-refractivity contribution in [3.05, 3.63) is 0 Å². The number of ketones is 1. The molecular weight excluding hydrogens is 220 g/mol. The molecule has 5 unspecified atom stereocenters. The van der Waals surface area contributed by atoms with Gasteiger partial charge in [-0.25, -0.2) is 0 Å². The molecule has 1 heteroatoms. The smallest absolute Gasteiger partial charge is 0.136 e. The molecule has 1 nitrogen and oxygen atoms in total. The Kier molecular flexibility index (Phi) is 3.51. The Morgan fingerprint density at radius 1 is 1.11 bits per heavy atom. The molecule has 0 aliphatic heterocycles. The van der Waals surface area contributed by atoms with E-state index in [1.807, 2.05) is 0 Å². The Balaban J connectivity index is 1.59. The number of fused-ring (bicyclic) bond motifs is 2. The number of hydrogen-bond donors (Lipinski definition) is 0. The van der Waals surface area contributed by atoms with Gasteiger partial charge in [0.25, 0.3) is 0 Å². The van der Waals surface area contributed by atoms with Gasteiger partial charge in [-0.1, -0.05) is 20.3 Å². The van der Waals surface area contributed by atoms with E-state index in [2.05, 4.69) is 13.8 Å². The minimum absolute atomic E-state index is 0.426. The molecule has 0 amide bonds. The van der Waals surface area contributed by atoms with Gasteiger partial charge in [-0.15, -0.1) is 0 Å². The summed E-state index contributed by atoms with van der Waals surface area (Å²) >= 11 is 0. The van der Waals surface area contributed by atoms with Gasteiger partial charge >= 0.3 is 0 Å². The summed E-state index contributed by atoms with van der Waals surface area (Å²) in [4.78, 5) is 12.2. The third kappa shape index (κ3) is 2.38. The second-order valence-corrected chi connectivity index (χ2v) is 7.61. The van der Waals surface area contributed by atoms with E-state index in [-0.39, 0.29) is 0 Å². The Bertz CT molecular complexity index is 320. The highest BCUT2D eigenvalue weighted by molar-refractivity contribution is 5.81. The minimum atomic E-state index is 0.426. The first-order valence-corrected chi connectivity index (χ1v) is 8.16. The average Bonchev–Trinajstić information content (AvgIpc) is 2.93. The number of carbonyl (C=O) groups excluding carboxylic acids is 1. The van der Waals surface area contributed by atoms with E-state index in [9.17, 15) is 4.79 Å². The maximum Gasteiger partial charge on any atom is 0.136 e. The van der Waals surface area contributed by atoms with Crippen LogP contribution in [0.5, 0.6) is 0 Å². The lowest BCUT2D eigenvalue weighted by Crippen LogP contribution is -2.30. The van der Waals surface area contributed by atoms with Crippen molar-refractivity contribution in [1.82, 2.24) is 0 Å². The van der Waals surface area contributed by atoms with E-state index < -0.39 is 0 Å². The lowest BCUT2D eigenvalue weighted by Gasteiger charge is -2.33. The van der Waals surface area contributed by atoms with E-state index in [0.717, 1.165) is 42.4 Å². The summed E-state index contributed by atoms with van der Waals surface area (Å²) in [6, 6.07) is 0. The zero-order valence-corrected chi connectivity index (χ0v) is 12.0. The molecule has 3 aliphatic carbocycles. The number of Topliss-reactive ketones (excluding diaryl/α,β-unsaturated/α-hetero) is 1. The van der Waals surface area contributed by atoms with Gasteiger partial charge in [0, 0.05) is 12.3 Å². The molecule has 2 bridgehead atoms. The topological polar surface area (TPSA) is 17.1 Å². The van der Waals surface area contributed by atoms with E-state index in [0.29, 0.717) is 11.7 Å². The van der Waals surface area contributed by atoms with Gasteiger partial charge in [-0.3, -0.25) is 4.79 Å². The summed E-state index contributed by atoms with van der Waals surface area (Å²) in [6.45, 7) is 4.66. The normalized spacial score (nSPS) is 43.9. The van der Waals surface area contributed by atoms with Gasteiger partial charge in [0.05, 0.1) is 0 Å². The first-order valence-electron chi connectivity index (χ1n) is 8.16. The summed E-state index contributed by atoms with van der Waals surface area (Å²) < 4.78 is 0. The highest BCUT2D eigenvalue weighted by atomic mass is 16.1. The molecule has 3 fully saturated rings. The highest BCUT2D eigenvalue weighted by Crippen LogP contribution is 2.51. The van der Waals surface area contributed by atoms with Gasteiger partial charge in [0.2, 0.25) is 0 Å². The average molecular weight is 248 g/mol. The van der Waals surface area contributed by atoms with E-state index >= 15 is 0 Å². The van der Waals surface area contributed by atoms with Gasteiger partial charge in [0.1, 0.15) is 5.78 Å². The van der Waals surface area contributed by atoms with Crippen molar-refractivity contribution in [1.29, 1.82) is 0 Å². The van der Waals surface area contributed by atoms with E-state index in [4.69, 9.17) is 0 Å². The molecule has 3 aliphatic rings. The molecule has 0 spiro atoms. The van der Waals surface area contributed by atoms with Crippen LogP contribution in [0.15, 0.2) is 0 Å². The van der Waals surface area contributed by atoms with Crippen molar-refractivity contribution in [2.75, 3.05) is 0 Å². The van der Waals surface area contributed by atoms with Gasteiger partial charge < -0.3 is 0 Å². The van der Waals surface area contributed by atoms with Crippen LogP contribution in [0.3, 0.4) is 0 Å². The number of rotatable bonds is 3. The van der Waals surface area contributed by atoms with Gasteiger partial charge in [-0.2, -0.15) is 0 Å². The first-order chi connectivity index (χ1) is 8.63. The predicted octanol–water partition coefficient (Wildman–Crippen LogP) is 4.45. The van der Waals surface area contributed by atoms with Crippen molar-refractivity contribution >= 4 is 5.78 Å². The number of carbonyl (C=O) groups is 1. The molecule has 3 rings (SSSR count). The largest absolute Gasteiger partial charge is 0.299 e. The molecule has 0 radical (unpaired) electrons. The fraction of sp³-hybridized carbons (Fsp3) is 0.941. The fourth-order valence-electron chi connectivity index (χ4n) is 5.01. The molecule has 5 atom stereocenters. The molecule has 0 N–H and O–H groups in total. The summed E-state index contributed by atoms with van der Waals surface area (Å²) in [5.74, 6) is 5.52. The SMILES string of the molecule is CC(C)C1CCC(=O)C(CC2CC3CCC2C3)C1. The summed E-state index contributed by atoms with van der Waals surface area (Å²) in [5, 5.41) is 0. The summed E-state index contributed by atoms with van der Waals surface area (Å²) in [7, 11) is 0.